The van der Waals surface area contributed by atoms with E-state index in [1.165, 1.54) is 24.8 Å². The molecule has 1 aliphatic rings. The van der Waals surface area contributed by atoms with Gasteiger partial charge in [-0.15, -0.1) is 12.4 Å². The topological polar surface area (TPSA) is 55.1 Å². The Morgan fingerprint density at radius 2 is 2.00 bits per heavy atom. The van der Waals surface area contributed by atoms with Crippen LogP contribution in [0.5, 0.6) is 0 Å². The summed E-state index contributed by atoms with van der Waals surface area (Å²) in [7, 11) is 0. The van der Waals surface area contributed by atoms with Gasteiger partial charge in [-0.2, -0.15) is 0 Å². The quantitative estimate of drug-likeness (QED) is 0.844. The van der Waals surface area contributed by atoms with Crippen LogP contribution in [0, 0.1) is 11.8 Å². The van der Waals surface area contributed by atoms with Gasteiger partial charge in [-0.25, -0.2) is 0 Å². The lowest BCUT2D eigenvalue weighted by Crippen LogP contribution is -2.40. The minimum Gasteiger partial charge on any atom is -0.349 e. The van der Waals surface area contributed by atoms with Crippen molar-refractivity contribution in [1.82, 2.24) is 5.32 Å². The molecule has 1 aromatic rings. The third-order valence-electron chi connectivity index (χ3n) is 3.95. The summed E-state index contributed by atoms with van der Waals surface area (Å²) < 4.78 is 1.06. The molecule has 1 amide bonds. The molecule has 0 aromatic heterocycles. The fraction of sp³-hybridized carbons (Fsp3) is 0.533. The maximum atomic E-state index is 12.1. The smallest absolute Gasteiger partial charge is 0.224 e. The summed E-state index contributed by atoms with van der Waals surface area (Å²) in [6.07, 6.45) is 3.65. The largest absolute Gasteiger partial charge is 0.349 e. The van der Waals surface area contributed by atoms with E-state index in [-0.39, 0.29) is 30.3 Å². The van der Waals surface area contributed by atoms with Crippen molar-refractivity contribution in [3.8, 4) is 0 Å². The number of carbonyl (C=O) groups excluding carboxylic acids is 1. The van der Waals surface area contributed by atoms with E-state index in [0.717, 1.165) is 4.47 Å². The van der Waals surface area contributed by atoms with E-state index in [9.17, 15) is 4.79 Å². The zero-order valence-corrected chi connectivity index (χ0v) is 14.0. The molecule has 0 spiro atoms. The second-order valence-electron chi connectivity index (χ2n) is 5.37. The molecule has 1 fully saturated rings. The van der Waals surface area contributed by atoms with Crippen molar-refractivity contribution in [2.75, 3.05) is 6.54 Å². The van der Waals surface area contributed by atoms with Gasteiger partial charge < -0.3 is 11.1 Å². The first-order valence-corrected chi connectivity index (χ1v) is 7.67. The van der Waals surface area contributed by atoms with Gasteiger partial charge in [-0.05, 0) is 36.5 Å². The molecule has 0 heterocycles. The minimum absolute atomic E-state index is 0. The third-order valence-corrected chi connectivity index (χ3v) is 4.48. The number of rotatable bonds is 5. The van der Waals surface area contributed by atoms with Crippen molar-refractivity contribution >= 4 is 34.2 Å². The van der Waals surface area contributed by atoms with Crippen LogP contribution in [0.4, 0.5) is 0 Å². The molecule has 2 rings (SSSR count). The maximum Gasteiger partial charge on any atom is 0.224 e. The van der Waals surface area contributed by atoms with Gasteiger partial charge in [0.25, 0.3) is 0 Å². The molecule has 0 aliphatic heterocycles. The molecule has 2 unspecified atom stereocenters. The number of nitrogens with two attached hydrogens (primary N) is 1. The Morgan fingerprint density at radius 1 is 1.40 bits per heavy atom. The summed E-state index contributed by atoms with van der Waals surface area (Å²) in [4.78, 5) is 12.1. The molecular weight excluding hydrogens is 340 g/mol. The second-order valence-corrected chi connectivity index (χ2v) is 6.28. The Bertz CT molecular complexity index is 434. The highest BCUT2D eigenvalue weighted by Gasteiger charge is 2.30. The molecule has 0 saturated heterocycles. The van der Waals surface area contributed by atoms with Gasteiger partial charge in [0.05, 0.1) is 6.04 Å². The van der Waals surface area contributed by atoms with Crippen LogP contribution in [-0.4, -0.2) is 12.5 Å². The number of benzene rings is 1. The molecule has 112 valence electrons. The van der Waals surface area contributed by atoms with Gasteiger partial charge in [-0.1, -0.05) is 41.4 Å². The van der Waals surface area contributed by atoms with Crippen molar-refractivity contribution in [1.29, 1.82) is 0 Å². The normalized spacial score (nSPS) is 17.6. The Balaban J connectivity index is 0.00000200. The molecule has 20 heavy (non-hydrogen) atoms. The summed E-state index contributed by atoms with van der Waals surface area (Å²) in [5.74, 6) is 0.496. The van der Waals surface area contributed by atoms with E-state index in [0.29, 0.717) is 12.5 Å². The number of amides is 1. The molecule has 1 aliphatic carbocycles. The summed E-state index contributed by atoms with van der Waals surface area (Å²) in [6.45, 7) is 2.26. The molecule has 2 atom stereocenters. The van der Waals surface area contributed by atoms with Gasteiger partial charge in [0.2, 0.25) is 5.91 Å². The summed E-state index contributed by atoms with van der Waals surface area (Å²) in [6, 6.07) is 8.35. The van der Waals surface area contributed by atoms with Crippen molar-refractivity contribution in [2.24, 2.45) is 17.6 Å². The van der Waals surface area contributed by atoms with Crippen LogP contribution in [0.25, 0.3) is 0 Å². The van der Waals surface area contributed by atoms with Gasteiger partial charge in [0, 0.05) is 16.9 Å². The zero-order valence-electron chi connectivity index (χ0n) is 11.6. The minimum atomic E-state index is -0.127. The first-order chi connectivity index (χ1) is 9.11. The molecule has 0 radical (unpaired) electrons. The molecule has 3 nitrogen and oxygen atoms in total. The molecule has 1 saturated carbocycles. The van der Waals surface area contributed by atoms with E-state index in [2.05, 4.69) is 33.4 Å². The Morgan fingerprint density at radius 3 is 2.45 bits per heavy atom. The summed E-state index contributed by atoms with van der Waals surface area (Å²) in [5, 5.41) is 3.17. The van der Waals surface area contributed by atoms with Crippen molar-refractivity contribution < 1.29 is 4.79 Å². The second kappa shape index (κ2) is 8.01. The molecule has 5 heteroatoms. The van der Waals surface area contributed by atoms with Crippen molar-refractivity contribution in [3.63, 3.8) is 0 Å². The lowest BCUT2D eigenvalue weighted by atomic mass is 9.77. The Hall–Kier alpha value is -0.580. The number of hydrogen-bond donors (Lipinski definition) is 2. The van der Waals surface area contributed by atoms with E-state index in [4.69, 9.17) is 5.73 Å². The zero-order chi connectivity index (χ0) is 13.8. The van der Waals surface area contributed by atoms with Gasteiger partial charge in [-0.3, -0.25) is 4.79 Å². The first-order valence-electron chi connectivity index (χ1n) is 6.87. The van der Waals surface area contributed by atoms with E-state index < -0.39 is 0 Å². The molecular formula is C15H22BrClN2O. The van der Waals surface area contributed by atoms with Crippen molar-refractivity contribution in [2.45, 2.75) is 32.2 Å². The maximum absolute atomic E-state index is 12.1. The Kier molecular flexibility index (Phi) is 7.00. The monoisotopic (exact) mass is 360 g/mol. The SMILES string of the molecule is CC(CN)C(=O)NC(c1ccc(Br)cc1)C1CCC1.Cl. The van der Waals surface area contributed by atoms with Crippen molar-refractivity contribution in [3.05, 3.63) is 34.3 Å². The highest BCUT2D eigenvalue weighted by atomic mass is 79.9. The van der Waals surface area contributed by atoms with Crippen LogP contribution in [0.2, 0.25) is 0 Å². The summed E-state index contributed by atoms with van der Waals surface area (Å²) >= 11 is 3.44. The van der Waals surface area contributed by atoms with Crippen LogP contribution in [-0.2, 0) is 4.79 Å². The van der Waals surface area contributed by atoms with E-state index in [1.54, 1.807) is 0 Å². The molecule has 1 aromatic carbocycles. The van der Waals surface area contributed by atoms with Crippen LogP contribution in [0.3, 0.4) is 0 Å². The average molecular weight is 362 g/mol. The lowest BCUT2D eigenvalue weighted by molar-refractivity contribution is -0.125. The molecule has 0 bridgehead atoms. The van der Waals surface area contributed by atoms with Crippen LogP contribution in [0.15, 0.2) is 28.7 Å². The highest BCUT2D eigenvalue weighted by Crippen LogP contribution is 2.38. The third kappa shape index (κ3) is 4.21. The van der Waals surface area contributed by atoms with Crippen LogP contribution in [0.1, 0.15) is 37.8 Å². The van der Waals surface area contributed by atoms with Gasteiger partial charge >= 0.3 is 0 Å². The molecule has 3 N–H and O–H groups in total. The average Bonchev–Trinajstić information content (AvgIpc) is 2.35. The summed E-state index contributed by atoms with van der Waals surface area (Å²) in [5.41, 5.74) is 6.75. The van der Waals surface area contributed by atoms with Crippen LogP contribution >= 0.6 is 28.3 Å². The number of hydrogen-bond acceptors (Lipinski definition) is 2. The number of halogens is 2. The Labute approximate surface area is 135 Å². The van der Waals surface area contributed by atoms with Crippen LogP contribution < -0.4 is 11.1 Å². The van der Waals surface area contributed by atoms with E-state index in [1.807, 2.05) is 19.1 Å². The predicted octanol–water partition coefficient (Wildman–Crippen LogP) is 3.42. The highest BCUT2D eigenvalue weighted by molar-refractivity contribution is 9.10. The first kappa shape index (κ1) is 17.5. The number of carbonyl (C=O) groups is 1. The standard InChI is InChI=1S/C15H21BrN2O.ClH/c1-10(9-17)15(19)18-14(11-3-2-4-11)12-5-7-13(16)8-6-12;/h5-8,10-11,14H,2-4,9,17H2,1H3,(H,18,19);1H. The van der Waals surface area contributed by atoms with Gasteiger partial charge in [0.1, 0.15) is 0 Å². The fourth-order valence-corrected chi connectivity index (χ4v) is 2.58. The lowest BCUT2D eigenvalue weighted by Gasteiger charge is -2.35. The van der Waals surface area contributed by atoms with Gasteiger partial charge in [0.15, 0.2) is 0 Å². The predicted molar refractivity (Wildman–Crippen MR) is 87.8 cm³/mol. The number of nitrogens with one attached hydrogen (secondary N) is 1. The van der Waals surface area contributed by atoms with E-state index >= 15 is 0 Å². The fourth-order valence-electron chi connectivity index (χ4n) is 2.32.